The number of hydrogen-bond donors (Lipinski definition) is 1. The number of aryl methyl sites for hydroxylation is 1. The second-order valence-corrected chi connectivity index (χ2v) is 3.99. The first-order valence-corrected chi connectivity index (χ1v) is 5.67. The van der Waals surface area contributed by atoms with E-state index in [1.54, 1.807) is 13.0 Å². The lowest BCUT2D eigenvalue weighted by Gasteiger charge is -2.10. The monoisotopic (exact) mass is 304 g/mol. The minimum absolute atomic E-state index is 0.0163. The molecule has 0 atom stereocenters. The van der Waals surface area contributed by atoms with Gasteiger partial charge in [0.15, 0.2) is 0 Å². The maximum atomic E-state index is 12.9. The van der Waals surface area contributed by atoms with E-state index in [0.29, 0.717) is 0 Å². The summed E-state index contributed by atoms with van der Waals surface area (Å²) < 4.78 is 46.7. The predicted molar refractivity (Wildman–Crippen MR) is 65.2 cm³/mol. The van der Waals surface area contributed by atoms with E-state index in [0.717, 1.165) is 17.8 Å². The van der Waals surface area contributed by atoms with E-state index in [2.05, 4.69) is 19.9 Å². The van der Waals surface area contributed by atoms with Crippen molar-refractivity contribution in [2.24, 2.45) is 9.75 Å². The Morgan fingerprint density at radius 1 is 1.30 bits per heavy atom. The van der Waals surface area contributed by atoms with Gasteiger partial charge < -0.3 is 4.74 Å². The molecule has 0 saturated heterocycles. The average Bonchev–Trinajstić information content (AvgIpc) is 2.76. The van der Waals surface area contributed by atoms with E-state index >= 15 is 0 Å². The minimum Gasteiger partial charge on any atom is -0.438 e. The van der Waals surface area contributed by atoms with Gasteiger partial charge in [-0.05, 0) is 25.1 Å². The number of halogens is 4. The molecule has 0 spiro atoms. The predicted octanol–water partition coefficient (Wildman–Crippen LogP) is 4.77. The zero-order valence-corrected chi connectivity index (χ0v) is 10.8. The lowest BCUT2D eigenvalue weighted by molar-refractivity contribution is -0.137. The maximum absolute atomic E-state index is 12.9. The molecule has 1 N–H and O–H groups in total. The zero-order valence-electron chi connectivity index (χ0n) is 10.1. The SMILES string of the molecule is Cc1cc(Oc2ccc(/N=N/Cl)c(C(F)(F)F)c2)n[nH]1. The molecule has 1 aromatic carbocycles. The molecule has 20 heavy (non-hydrogen) atoms. The highest BCUT2D eigenvalue weighted by Crippen LogP contribution is 2.39. The Kier molecular flexibility index (Phi) is 3.93. The van der Waals surface area contributed by atoms with E-state index in [1.807, 2.05) is 0 Å². The number of H-pyrrole nitrogens is 1. The quantitative estimate of drug-likeness (QED) is 0.830. The highest BCUT2D eigenvalue weighted by atomic mass is 35.5. The second kappa shape index (κ2) is 5.49. The van der Waals surface area contributed by atoms with Crippen LogP contribution in [0.5, 0.6) is 11.6 Å². The summed E-state index contributed by atoms with van der Waals surface area (Å²) in [6.45, 7) is 1.74. The van der Waals surface area contributed by atoms with Crippen molar-refractivity contribution in [1.82, 2.24) is 10.2 Å². The van der Waals surface area contributed by atoms with Crippen molar-refractivity contribution >= 4 is 17.5 Å². The van der Waals surface area contributed by atoms with Crippen LogP contribution in [-0.4, -0.2) is 10.2 Å². The van der Waals surface area contributed by atoms with Crippen LogP contribution in [0, 0.1) is 6.92 Å². The highest BCUT2D eigenvalue weighted by molar-refractivity contribution is 6.14. The van der Waals surface area contributed by atoms with E-state index in [1.165, 1.54) is 6.07 Å². The van der Waals surface area contributed by atoms with Gasteiger partial charge in [-0.15, -0.1) is 10.2 Å². The third kappa shape index (κ3) is 3.27. The van der Waals surface area contributed by atoms with Gasteiger partial charge in [0.2, 0.25) is 5.88 Å². The van der Waals surface area contributed by atoms with Crippen LogP contribution in [0.15, 0.2) is 34.0 Å². The number of alkyl halides is 3. The van der Waals surface area contributed by atoms with Crippen LogP contribution in [0.2, 0.25) is 0 Å². The number of nitrogens with one attached hydrogen (secondary N) is 1. The van der Waals surface area contributed by atoms with Gasteiger partial charge >= 0.3 is 6.18 Å². The van der Waals surface area contributed by atoms with Crippen LogP contribution >= 0.6 is 11.8 Å². The number of ether oxygens (including phenoxy) is 1. The standard InChI is InChI=1S/C11H8ClF3N4O/c1-6-4-10(18-16-6)20-7-2-3-9(17-19-12)8(5-7)11(13,14)15/h2-5H,1H3,(H,16,18)/b19-17+. The second-order valence-electron chi connectivity index (χ2n) is 3.84. The van der Waals surface area contributed by atoms with Gasteiger partial charge in [0, 0.05) is 11.8 Å². The third-order valence-corrected chi connectivity index (χ3v) is 2.40. The molecule has 1 aromatic heterocycles. The number of benzene rings is 1. The Morgan fingerprint density at radius 2 is 2.05 bits per heavy atom. The zero-order chi connectivity index (χ0) is 14.8. The molecule has 2 aromatic rings. The average molecular weight is 305 g/mol. The smallest absolute Gasteiger partial charge is 0.418 e. The first-order valence-electron chi connectivity index (χ1n) is 5.33. The van der Waals surface area contributed by atoms with Crippen molar-refractivity contribution in [3.63, 3.8) is 0 Å². The fourth-order valence-corrected chi connectivity index (χ4v) is 1.58. The molecule has 0 bridgehead atoms. The summed E-state index contributed by atoms with van der Waals surface area (Å²) in [6, 6.07) is 4.80. The topological polar surface area (TPSA) is 62.6 Å². The Labute approximate surface area is 116 Å². The summed E-state index contributed by atoms with van der Waals surface area (Å²) in [5.74, 6) is 0.152. The lowest BCUT2D eigenvalue weighted by Crippen LogP contribution is -2.05. The van der Waals surface area contributed by atoms with Crippen molar-refractivity contribution in [3.8, 4) is 11.6 Å². The molecule has 5 nitrogen and oxygen atoms in total. The number of nitrogens with zero attached hydrogens (tertiary/aromatic N) is 3. The van der Waals surface area contributed by atoms with Gasteiger partial charge in [-0.3, -0.25) is 5.10 Å². The summed E-state index contributed by atoms with van der Waals surface area (Å²) in [5, 5.41) is 9.61. The molecule has 1 heterocycles. The summed E-state index contributed by atoms with van der Waals surface area (Å²) in [6.07, 6.45) is -4.60. The van der Waals surface area contributed by atoms with Crippen molar-refractivity contribution in [3.05, 3.63) is 35.5 Å². The Morgan fingerprint density at radius 3 is 2.60 bits per heavy atom. The van der Waals surface area contributed by atoms with Gasteiger partial charge in [-0.1, -0.05) is 4.63 Å². The molecular weight excluding hydrogens is 297 g/mol. The van der Waals surface area contributed by atoms with Gasteiger partial charge in [0.1, 0.15) is 5.75 Å². The summed E-state index contributed by atoms with van der Waals surface area (Å²) in [4.78, 5) is 0. The number of hydrogen-bond acceptors (Lipinski definition) is 4. The Balaban J connectivity index is 2.36. The van der Waals surface area contributed by atoms with Crippen molar-refractivity contribution in [1.29, 1.82) is 0 Å². The van der Waals surface area contributed by atoms with Crippen LogP contribution < -0.4 is 4.74 Å². The molecule has 9 heteroatoms. The Hall–Kier alpha value is -2.09. The van der Waals surface area contributed by atoms with Crippen LogP contribution in [0.3, 0.4) is 0 Å². The molecular formula is C11H8ClF3N4O. The normalized spacial score (nSPS) is 12.1. The molecule has 0 amide bonds. The molecule has 0 saturated carbocycles. The molecule has 0 radical (unpaired) electrons. The fraction of sp³-hybridized carbons (Fsp3) is 0.182. The van der Waals surface area contributed by atoms with E-state index < -0.39 is 17.4 Å². The van der Waals surface area contributed by atoms with Crippen molar-refractivity contribution in [2.45, 2.75) is 13.1 Å². The molecule has 0 aliphatic rings. The van der Waals surface area contributed by atoms with Crippen LogP contribution in [-0.2, 0) is 6.18 Å². The summed E-state index contributed by atoms with van der Waals surface area (Å²) in [5.41, 5.74) is -0.659. The van der Waals surface area contributed by atoms with Crippen LogP contribution in [0.1, 0.15) is 11.3 Å². The minimum atomic E-state index is -4.60. The number of aromatic amines is 1. The number of aromatic nitrogens is 2. The molecule has 0 aliphatic heterocycles. The maximum Gasteiger partial charge on any atom is 0.418 e. The Bertz CT molecular complexity index is 639. The van der Waals surface area contributed by atoms with Gasteiger partial charge in [-0.2, -0.15) is 13.2 Å². The molecule has 0 fully saturated rings. The van der Waals surface area contributed by atoms with E-state index in [-0.39, 0.29) is 11.6 Å². The molecule has 0 aliphatic carbocycles. The lowest BCUT2D eigenvalue weighted by atomic mass is 10.1. The van der Waals surface area contributed by atoms with Gasteiger partial charge in [-0.25, -0.2) is 0 Å². The van der Waals surface area contributed by atoms with Gasteiger partial charge in [0.25, 0.3) is 0 Å². The molecule has 106 valence electrons. The molecule has 0 unspecified atom stereocenters. The van der Waals surface area contributed by atoms with Gasteiger partial charge in [0.05, 0.1) is 23.0 Å². The third-order valence-electron chi connectivity index (χ3n) is 2.32. The summed E-state index contributed by atoms with van der Waals surface area (Å²) in [7, 11) is 0. The molecule has 2 rings (SSSR count). The fourth-order valence-electron chi connectivity index (χ4n) is 1.50. The first kappa shape index (κ1) is 14.3. The highest BCUT2D eigenvalue weighted by Gasteiger charge is 2.34. The van der Waals surface area contributed by atoms with E-state index in [4.69, 9.17) is 16.5 Å². The largest absolute Gasteiger partial charge is 0.438 e. The van der Waals surface area contributed by atoms with Crippen molar-refractivity contribution < 1.29 is 17.9 Å². The van der Waals surface area contributed by atoms with E-state index in [9.17, 15) is 13.2 Å². The van der Waals surface area contributed by atoms with Crippen LogP contribution in [0.4, 0.5) is 18.9 Å². The van der Waals surface area contributed by atoms with Crippen molar-refractivity contribution in [2.75, 3.05) is 0 Å². The summed E-state index contributed by atoms with van der Waals surface area (Å²) >= 11 is 4.98. The number of rotatable bonds is 3. The first-order chi connectivity index (χ1) is 9.40. The van der Waals surface area contributed by atoms with Crippen LogP contribution in [0.25, 0.3) is 0 Å².